The zero-order valence-corrected chi connectivity index (χ0v) is 16.2. The van der Waals surface area contributed by atoms with E-state index in [-0.39, 0.29) is 22.8 Å². The molecular formula is C19H21N3O4S. The number of carbonyl (C=O) groups excluding carboxylic acids is 1. The Hall–Kier alpha value is -3.00. The fourth-order valence-electron chi connectivity index (χ4n) is 2.34. The first-order chi connectivity index (χ1) is 12.8. The topological polar surface area (TPSA) is 85.8 Å². The van der Waals surface area contributed by atoms with Crippen LogP contribution in [0.5, 0.6) is 5.88 Å². The fourth-order valence-corrected chi connectivity index (χ4v) is 2.57. The Morgan fingerprint density at radius 1 is 1.37 bits per heavy atom. The molecule has 1 aromatic heterocycles. The van der Waals surface area contributed by atoms with Crippen LogP contribution in [0.1, 0.15) is 29.8 Å². The normalized spacial score (nSPS) is 10.9. The fraction of sp³-hybridized carbons (Fsp3) is 0.263. The Morgan fingerprint density at radius 2 is 2.00 bits per heavy atom. The van der Waals surface area contributed by atoms with Crippen LogP contribution in [0, 0.1) is 4.77 Å². The molecule has 1 N–H and O–H groups in total. The van der Waals surface area contributed by atoms with Gasteiger partial charge in [-0.1, -0.05) is 12.2 Å². The minimum Gasteiger partial charge on any atom is -0.494 e. The van der Waals surface area contributed by atoms with Gasteiger partial charge in [-0.3, -0.25) is 18.9 Å². The van der Waals surface area contributed by atoms with Gasteiger partial charge in [0.25, 0.3) is 5.56 Å². The highest BCUT2D eigenvalue weighted by Crippen LogP contribution is 2.16. The number of benzene rings is 1. The van der Waals surface area contributed by atoms with Gasteiger partial charge in [0.05, 0.1) is 17.9 Å². The molecule has 27 heavy (non-hydrogen) atoms. The van der Waals surface area contributed by atoms with E-state index in [4.69, 9.17) is 17.0 Å². The molecule has 0 saturated heterocycles. The molecule has 0 fully saturated rings. The van der Waals surface area contributed by atoms with Crippen LogP contribution in [0.15, 0.2) is 46.2 Å². The summed E-state index contributed by atoms with van der Waals surface area (Å²) in [4.78, 5) is 28.5. The van der Waals surface area contributed by atoms with Gasteiger partial charge in [0.1, 0.15) is 5.56 Å². The summed E-state index contributed by atoms with van der Waals surface area (Å²) in [5.41, 5.74) is 1.24. The third kappa shape index (κ3) is 4.59. The van der Waals surface area contributed by atoms with E-state index in [9.17, 15) is 14.7 Å². The van der Waals surface area contributed by atoms with Crippen molar-refractivity contribution in [2.75, 3.05) is 6.61 Å². The molecule has 0 bridgehead atoms. The smallest absolute Gasteiger partial charge is 0.338 e. The summed E-state index contributed by atoms with van der Waals surface area (Å²) in [5, 5.41) is 10.3. The van der Waals surface area contributed by atoms with Gasteiger partial charge in [0.15, 0.2) is 4.77 Å². The number of ether oxygens (including phenoxy) is 1. The highest BCUT2D eigenvalue weighted by Gasteiger charge is 2.13. The molecule has 7 nitrogen and oxygen atoms in total. The molecule has 1 heterocycles. The predicted molar refractivity (Wildman–Crippen MR) is 107 cm³/mol. The predicted octanol–water partition coefficient (Wildman–Crippen LogP) is 3.13. The number of aliphatic imine (C=N–C) groups is 1. The SMILES string of the molecule is C=C(C)Cn1c(=O)c(C=Nc2ccc(C(=O)OCC)cc2)c(O)n(C)c1=S. The van der Waals surface area contributed by atoms with Crippen LogP contribution in [0.2, 0.25) is 0 Å². The second-order valence-electron chi connectivity index (χ2n) is 5.95. The van der Waals surface area contributed by atoms with Crippen LogP contribution in [0.4, 0.5) is 5.69 Å². The molecule has 2 aromatic rings. The van der Waals surface area contributed by atoms with Crippen LogP contribution in [-0.2, 0) is 18.3 Å². The molecule has 0 saturated carbocycles. The third-order valence-electron chi connectivity index (χ3n) is 3.70. The standard InChI is InChI=1S/C19H21N3O4S/c1-5-26-18(25)13-6-8-14(9-7-13)20-10-15-16(23)21(4)19(27)22(17(15)24)11-12(2)3/h6-10,23H,2,5,11H2,1,3-4H3. The number of carbonyl (C=O) groups is 1. The van der Waals surface area contributed by atoms with E-state index in [0.29, 0.717) is 17.9 Å². The number of allylic oxidation sites excluding steroid dienone is 1. The molecule has 0 amide bonds. The summed E-state index contributed by atoms with van der Waals surface area (Å²) >= 11 is 5.22. The van der Waals surface area contributed by atoms with Crippen molar-refractivity contribution in [2.24, 2.45) is 12.0 Å². The Balaban J connectivity index is 2.41. The van der Waals surface area contributed by atoms with Crippen molar-refractivity contribution in [3.8, 4) is 5.88 Å². The number of hydrogen-bond acceptors (Lipinski definition) is 6. The van der Waals surface area contributed by atoms with Gasteiger partial charge in [-0.25, -0.2) is 4.79 Å². The Kier molecular flexibility index (Phi) is 6.46. The van der Waals surface area contributed by atoms with Crippen LogP contribution in [0.25, 0.3) is 0 Å². The second kappa shape index (κ2) is 8.59. The van der Waals surface area contributed by atoms with Crippen molar-refractivity contribution in [3.63, 3.8) is 0 Å². The zero-order chi connectivity index (χ0) is 20.1. The minimum absolute atomic E-state index is 0.0156. The van der Waals surface area contributed by atoms with Gasteiger partial charge in [-0.15, -0.1) is 0 Å². The second-order valence-corrected chi connectivity index (χ2v) is 6.32. The Bertz CT molecular complexity index is 1020. The summed E-state index contributed by atoms with van der Waals surface area (Å²) in [7, 11) is 1.57. The quantitative estimate of drug-likeness (QED) is 0.356. The van der Waals surface area contributed by atoms with Crippen molar-refractivity contribution in [3.05, 3.63) is 62.7 Å². The number of aromatic hydroxyl groups is 1. The molecule has 0 aliphatic rings. The number of hydrogen-bond donors (Lipinski definition) is 1. The molecule has 0 aliphatic heterocycles. The van der Waals surface area contributed by atoms with Crippen molar-refractivity contribution < 1.29 is 14.6 Å². The lowest BCUT2D eigenvalue weighted by Gasteiger charge is -2.12. The molecule has 0 spiro atoms. The Labute approximate surface area is 161 Å². The van der Waals surface area contributed by atoms with Crippen molar-refractivity contribution in [2.45, 2.75) is 20.4 Å². The van der Waals surface area contributed by atoms with Crippen LogP contribution in [-0.4, -0.2) is 33.0 Å². The molecule has 0 atom stereocenters. The molecule has 8 heteroatoms. The largest absolute Gasteiger partial charge is 0.494 e. The van der Waals surface area contributed by atoms with Crippen molar-refractivity contribution in [1.29, 1.82) is 0 Å². The maximum atomic E-state index is 12.7. The molecule has 142 valence electrons. The molecule has 0 radical (unpaired) electrons. The van der Waals surface area contributed by atoms with Gasteiger partial charge in [0.2, 0.25) is 5.88 Å². The lowest BCUT2D eigenvalue weighted by molar-refractivity contribution is 0.0526. The number of rotatable bonds is 6. The number of aromatic nitrogens is 2. The van der Waals surface area contributed by atoms with Crippen LogP contribution in [0.3, 0.4) is 0 Å². The van der Waals surface area contributed by atoms with Gasteiger partial charge < -0.3 is 9.84 Å². The first kappa shape index (κ1) is 20.3. The first-order valence-corrected chi connectivity index (χ1v) is 8.65. The lowest BCUT2D eigenvalue weighted by Crippen LogP contribution is -2.28. The van der Waals surface area contributed by atoms with E-state index < -0.39 is 11.5 Å². The van der Waals surface area contributed by atoms with Gasteiger partial charge >= 0.3 is 5.97 Å². The average Bonchev–Trinajstić information content (AvgIpc) is 2.64. The van der Waals surface area contributed by atoms with Gasteiger partial charge in [0, 0.05) is 19.8 Å². The Morgan fingerprint density at radius 3 is 2.56 bits per heavy atom. The molecule has 0 aliphatic carbocycles. The van der Waals surface area contributed by atoms with Gasteiger partial charge in [-0.2, -0.15) is 0 Å². The molecule has 0 unspecified atom stereocenters. The highest BCUT2D eigenvalue weighted by molar-refractivity contribution is 7.71. The van der Waals surface area contributed by atoms with Crippen LogP contribution >= 0.6 is 12.2 Å². The molecule has 2 rings (SSSR count). The number of esters is 1. The molecular weight excluding hydrogens is 366 g/mol. The van der Waals surface area contributed by atoms with Gasteiger partial charge in [-0.05, 0) is 50.3 Å². The monoisotopic (exact) mass is 387 g/mol. The highest BCUT2D eigenvalue weighted by atomic mass is 32.1. The first-order valence-electron chi connectivity index (χ1n) is 8.24. The summed E-state index contributed by atoms with van der Waals surface area (Å²) in [6.07, 6.45) is 1.28. The number of nitrogens with zero attached hydrogens (tertiary/aromatic N) is 3. The third-order valence-corrected chi connectivity index (χ3v) is 4.20. The maximum Gasteiger partial charge on any atom is 0.338 e. The van der Waals surface area contributed by atoms with Crippen molar-refractivity contribution >= 4 is 30.1 Å². The maximum absolute atomic E-state index is 12.7. The summed E-state index contributed by atoms with van der Waals surface area (Å²) in [6.45, 7) is 7.86. The lowest BCUT2D eigenvalue weighted by atomic mass is 10.2. The van der Waals surface area contributed by atoms with E-state index in [1.807, 2.05) is 0 Å². The summed E-state index contributed by atoms with van der Waals surface area (Å²) in [6, 6.07) is 6.40. The zero-order valence-electron chi connectivity index (χ0n) is 15.4. The van der Waals surface area contributed by atoms with Crippen LogP contribution < -0.4 is 5.56 Å². The van der Waals surface area contributed by atoms with E-state index >= 15 is 0 Å². The summed E-state index contributed by atoms with van der Waals surface area (Å²) in [5.74, 6) is -0.684. The minimum atomic E-state index is -0.453. The van der Waals surface area contributed by atoms with E-state index in [2.05, 4.69) is 11.6 Å². The van der Waals surface area contributed by atoms with E-state index in [1.54, 1.807) is 45.2 Å². The summed E-state index contributed by atoms with van der Waals surface area (Å²) < 4.78 is 7.80. The average molecular weight is 387 g/mol. The van der Waals surface area contributed by atoms with Crippen molar-refractivity contribution in [1.82, 2.24) is 9.13 Å². The van der Waals surface area contributed by atoms with E-state index in [1.165, 1.54) is 15.3 Å². The molecule has 1 aromatic carbocycles. The van der Waals surface area contributed by atoms with E-state index in [0.717, 1.165) is 5.57 Å².